The number of nitrogens with one attached hydrogen (secondary N) is 1. The molecule has 2 nitrogen and oxygen atoms in total. The van der Waals surface area contributed by atoms with Gasteiger partial charge >= 0.3 is 0 Å². The van der Waals surface area contributed by atoms with Gasteiger partial charge in [0.05, 0.1) is 0 Å². The minimum atomic E-state index is 0.699. The Hall–Kier alpha value is -0.380. The van der Waals surface area contributed by atoms with Crippen LogP contribution < -0.4 is 5.32 Å². The van der Waals surface area contributed by atoms with E-state index in [1.165, 1.54) is 51.0 Å². The summed E-state index contributed by atoms with van der Waals surface area (Å²) >= 11 is 1.80. The minimum absolute atomic E-state index is 0.699. The Labute approximate surface area is 103 Å². The second kappa shape index (κ2) is 6.38. The Kier molecular flexibility index (Phi) is 4.82. The van der Waals surface area contributed by atoms with Gasteiger partial charge in [-0.2, -0.15) is 11.3 Å². The van der Waals surface area contributed by atoms with E-state index in [2.05, 4.69) is 34.0 Å². The molecule has 0 aromatic carbocycles. The van der Waals surface area contributed by atoms with E-state index in [-0.39, 0.29) is 0 Å². The van der Waals surface area contributed by atoms with Crippen LogP contribution in [-0.4, -0.2) is 37.1 Å². The summed E-state index contributed by atoms with van der Waals surface area (Å²) in [7, 11) is 0. The van der Waals surface area contributed by atoms with Crippen molar-refractivity contribution in [2.24, 2.45) is 0 Å². The third-order valence-electron chi connectivity index (χ3n) is 3.35. The topological polar surface area (TPSA) is 15.3 Å². The molecule has 1 unspecified atom stereocenters. The monoisotopic (exact) mass is 238 g/mol. The van der Waals surface area contributed by atoms with Crippen molar-refractivity contribution in [3.8, 4) is 0 Å². The zero-order valence-corrected chi connectivity index (χ0v) is 10.9. The van der Waals surface area contributed by atoms with Crippen LogP contribution in [0.15, 0.2) is 16.8 Å². The predicted octanol–water partition coefficient (Wildman–Crippen LogP) is 2.36. The van der Waals surface area contributed by atoms with E-state index in [4.69, 9.17) is 0 Å². The van der Waals surface area contributed by atoms with Crippen LogP contribution in [0.3, 0.4) is 0 Å². The first kappa shape index (κ1) is 12.1. The maximum atomic E-state index is 3.61. The third kappa shape index (κ3) is 3.58. The highest BCUT2D eigenvalue weighted by atomic mass is 32.1. The summed E-state index contributed by atoms with van der Waals surface area (Å²) in [4.78, 5) is 2.62. The molecule has 0 spiro atoms. The molecule has 1 atom stereocenters. The highest BCUT2D eigenvalue weighted by Gasteiger charge is 2.15. The Bertz CT molecular complexity index is 284. The lowest BCUT2D eigenvalue weighted by Crippen LogP contribution is -2.37. The van der Waals surface area contributed by atoms with Crippen molar-refractivity contribution >= 4 is 11.3 Å². The number of rotatable bonds is 4. The zero-order valence-electron chi connectivity index (χ0n) is 10.1. The molecular weight excluding hydrogens is 216 g/mol. The Morgan fingerprint density at radius 2 is 2.50 bits per heavy atom. The molecule has 16 heavy (non-hydrogen) atoms. The number of thiophene rings is 1. The average Bonchev–Trinajstić information content (AvgIpc) is 2.71. The van der Waals surface area contributed by atoms with Gasteiger partial charge in [-0.3, -0.25) is 0 Å². The number of nitrogens with zero attached hydrogens (tertiary/aromatic N) is 1. The van der Waals surface area contributed by atoms with Crippen molar-refractivity contribution in [2.45, 2.75) is 32.2 Å². The lowest BCUT2D eigenvalue weighted by Gasteiger charge is -2.23. The summed E-state index contributed by atoms with van der Waals surface area (Å²) < 4.78 is 0. The normalized spacial score (nSPS) is 23.2. The van der Waals surface area contributed by atoms with Gasteiger partial charge in [0.2, 0.25) is 0 Å². The first-order chi connectivity index (χ1) is 7.88. The van der Waals surface area contributed by atoms with Crippen molar-refractivity contribution in [2.75, 3.05) is 26.2 Å². The Balaban J connectivity index is 1.79. The molecule has 3 heteroatoms. The fourth-order valence-corrected chi connectivity index (χ4v) is 2.98. The lowest BCUT2D eigenvalue weighted by atomic mass is 10.2. The Morgan fingerprint density at radius 3 is 3.25 bits per heavy atom. The molecule has 0 saturated carbocycles. The molecule has 0 aliphatic carbocycles. The fraction of sp³-hybridized carbons (Fsp3) is 0.692. The second-order valence-corrected chi connectivity index (χ2v) is 5.38. The van der Waals surface area contributed by atoms with Crippen molar-refractivity contribution in [1.82, 2.24) is 10.2 Å². The van der Waals surface area contributed by atoms with Crippen molar-refractivity contribution < 1.29 is 0 Å². The number of hydrogen-bond acceptors (Lipinski definition) is 3. The predicted molar refractivity (Wildman–Crippen MR) is 71.2 cm³/mol. The van der Waals surface area contributed by atoms with Crippen molar-refractivity contribution in [3.05, 3.63) is 22.4 Å². The zero-order chi connectivity index (χ0) is 11.2. The van der Waals surface area contributed by atoms with E-state index in [1.807, 2.05) is 0 Å². The highest BCUT2D eigenvalue weighted by molar-refractivity contribution is 7.07. The standard InChI is InChI=1S/C13H22N2S/c1-2-13-10-15(7-3-6-14-13)8-4-12-5-9-16-11-12/h5,9,11,13-14H,2-4,6-8,10H2,1H3. The van der Waals surface area contributed by atoms with Gasteiger partial charge in [0.1, 0.15) is 0 Å². The molecule has 0 radical (unpaired) electrons. The molecule has 2 rings (SSSR count). The van der Waals surface area contributed by atoms with Crippen LogP contribution in [0, 0.1) is 0 Å². The molecule has 0 amide bonds. The van der Waals surface area contributed by atoms with E-state index in [9.17, 15) is 0 Å². The summed E-state index contributed by atoms with van der Waals surface area (Å²) in [5, 5.41) is 8.06. The summed E-state index contributed by atoms with van der Waals surface area (Å²) in [6, 6.07) is 2.95. The van der Waals surface area contributed by atoms with Gasteiger partial charge in [-0.05, 0) is 54.7 Å². The smallest absolute Gasteiger partial charge is 0.0192 e. The maximum Gasteiger partial charge on any atom is 0.0192 e. The molecule has 2 heterocycles. The molecule has 90 valence electrons. The molecule has 1 aromatic rings. The minimum Gasteiger partial charge on any atom is -0.313 e. The summed E-state index contributed by atoms with van der Waals surface area (Å²) in [5.74, 6) is 0. The van der Waals surface area contributed by atoms with Gasteiger partial charge in [0.25, 0.3) is 0 Å². The van der Waals surface area contributed by atoms with Crippen LogP contribution in [-0.2, 0) is 6.42 Å². The quantitative estimate of drug-likeness (QED) is 0.866. The average molecular weight is 238 g/mol. The fourth-order valence-electron chi connectivity index (χ4n) is 2.28. The van der Waals surface area contributed by atoms with Gasteiger partial charge in [0.15, 0.2) is 0 Å². The highest BCUT2D eigenvalue weighted by Crippen LogP contribution is 2.09. The lowest BCUT2D eigenvalue weighted by molar-refractivity contribution is 0.268. The van der Waals surface area contributed by atoms with Gasteiger partial charge in [-0.1, -0.05) is 6.92 Å². The van der Waals surface area contributed by atoms with Crippen LogP contribution >= 0.6 is 11.3 Å². The molecule has 1 N–H and O–H groups in total. The van der Waals surface area contributed by atoms with E-state index >= 15 is 0 Å². The SMILES string of the molecule is CCC1CN(CCc2ccsc2)CCCN1. The molecule has 0 bridgehead atoms. The molecule has 1 aliphatic rings. The Morgan fingerprint density at radius 1 is 1.56 bits per heavy atom. The van der Waals surface area contributed by atoms with Crippen molar-refractivity contribution in [1.29, 1.82) is 0 Å². The summed E-state index contributed by atoms with van der Waals surface area (Å²) in [6.45, 7) is 7.16. The van der Waals surface area contributed by atoms with Crippen LogP contribution in [0.2, 0.25) is 0 Å². The first-order valence-corrected chi connectivity index (χ1v) is 7.29. The molecule has 1 fully saturated rings. The van der Waals surface area contributed by atoms with Crippen LogP contribution in [0.1, 0.15) is 25.3 Å². The third-order valence-corrected chi connectivity index (χ3v) is 4.08. The summed E-state index contributed by atoms with van der Waals surface area (Å²) in [6.07, 6.45) is 3.75. The van der Waals surface area contributed by atoms with E-state index in [1.54, 1.807) is 11.3 Å². The van der Waals surface area contributed by atoms with Gasteiger partial charge < -0.3 is 10.2 Å². The van der Waals surface area contributed by atoms with E-state index in [0.717, 1.165) is 0 Å². The van der Waals surface area contributed by atoms with Gasteiger partial charge in [-0.25, -0.2) is 0 Å². The molecule has 1 aromatic heterocycles. The van der Waals surface area contributed by atoms with E-state index in [0.29, 0.717) is 6.04 Å². The van der Waals surface area contributed by atoms with E-state index < -0.39 is 0 Å². The molecular formula is C13H22N2S. The van der Waals surface area contributed by atoms with Crippen LogP contribution in [0.25, 0.3) is 0 Å². The second-order valence-electron chi connectivity index (χ2n) is 4.60. The first-order valence-electron chi connectivity index (χ1n) is 6.35. The number of hydrogen-bond donors (Lipinski definition) is 1. The van der Waals surface area contributed by atoms with Crippen molar-refractivity contribution in [3.63, 3.8) is 0 Å². The van der Waals surface area contributed by atoms with Gasteiger partial charge in [0, 0.05) is 19.1 Å². The molecule has 1 saturated heterocycles. The maximum absolute atomic E-state index is 3.61. The van der Waals surface area contributed by atoms with Crippen LogP contribution in [0.4, 0.5) is 0 Å². The van der Waals surface area contributed by atoms with Crippen LogP contribution in [0.5, 0.6) is 0 Å². The largest absolute Gasteiger partial charge is 0.313 e. The summed E-state index contributed by atoms with van der Waals surface area (Å²) in [5.41, 5.74) is 1.50. The molecule has 1 aliphatic heterocycles. The van der Waals surface area contributed by atoms with Gasteiger partial charge in [-0.15, -0.1) is 0 Å².